The summed E-state index contributed by atoms with van der Waals surface area (Å²) >= 11 is 1.27. The molecule has 0 heterocycles. The van der Waals surface area contributed by atoms with Crippen LogP contribution >= 0.6 is 0 Å². The van der Waals surface area contributed by atoms with Gasteiger partial charge in [0.05, 0.1) is 0 Å². The van der Waals surface area contributed by atoms with Gasteiger partial charge < -0.3 is 37.2 Å². The molecular weight excluding hydrogens is 381 g/mol. The minimum Gasteiger partial charge on any atom is -1.00 e. The summed E-state index contributed by atoms with van der Waals surface area (Å²) in [6.45, 7) is 2.25. The largest absolute Gasteiger partial charge is 1.00 e. The Bertz CT molecular complexity index is 142. The fourth-order valence-corrected chi connectivity index (χ4v) is 2.68. The molecule has 0 aromatic heterocycles. The minimum absolute atomic E-state index is 0. The molecule has 0 unspecified atom stereocenters. The van der Waals surface area contributed by atoms with Crippen LogP contribution < -0.4 is 37.2 Å². The molecule has 0 aliphatic heterocycles. The Hall–Kier alpha value is 1.22. The van der Waals surface area contributed by atoms with Gasteiger partial charge in [-0.05, 0) is 0 Å². The van der Waals surface area contributed by atoms with Crippen LogP contribution in [-0.2, 0) is 24.4 Å². The number of hydrogen-bond donors (Lipinski definition) is 0. The second-order valence-corrected chi connectivity index (χ2v) is 5.85. The van der Waals surface area contributed by atoms with Crippen LogP contribution in [0.5, 0.6) is 0 Å². The molecule has 0 radical (unpaired) electrons. The average molecular weight is 392 g/mol. The molecule has 0 atom stereocenters. The van der Waals surface area contributed by atoms with Gasteiger partial charge in [-0.1, -0.05) is 0 Å². The third-order valence-electron chi connectivity index (χ3n) is 1.56. The zero-order valence-corrected chi connectivity index (χ0v) is 12.7. The molecule has 4 heteroatoms. The van der Waals surface area contributed by atoms with Crippen molar-refractivity contribution >= 4 is 0 Å². The summed E-state index contributed by atoms with van der Waals surface area (Å²) in [5, 5.41) is 0. The van der Waals surface area contributed by atoms with E-state index < -0.39 is 0 Å². The Morgan fingerprint density at radius 1 is 1.08 bits per heavy atom. The second kappa shape index (κ2) is 8.80. The Labute approximate surface area is 108 Å². The topological polar surface area (TPSA) is 0 Å². The molecule has 1 aliphatic carbocycles. The quantitative estimate of drug-likeness (QED) is 0.411. The molecule has 0 aromatic carbocycles. The van der Waals surface area contributed by atoms with Crippen LogP contribution in [0.4, 0.5) is 0 Å². The van der Waals surface area contributed by atoms with Crippen LogP contribution in [0, 0.1) is 0 Å². The standard InChI is InChI=1S/C8H11.3ClH.Hf/c1-2-5-8-6-3-4-7-8;;;;/h3-4,6-7H,2,5H2,1H3;3*1H;/q;;;;+3/p-3. The third-order valence-corrected chi connectivity index (χ3v) is 3.66. The van der Waals surface area contributed by atoms with Crippen molar-refractivity contribution in [1.29, 1.82) is 0 Å². The van der Waals surface area contributed by atoms with Crippen molar-refractivity contribution in [3.63, 3.8) is 0 Å². The summed E-state index contributed by atoms with van der Waals surface area (Å²) in [5.41, 5.74) is 0. The molecule has 1 rings (SSSR count). The van der Waals surface area contributed by atoms with Crippen LogP contribution in [-0.4, -0.2) is 0 Å². The van der Waals surface area contributed by atoms with Gasteiger partial charge in [-0.25, -0.2) is 0 Å². The Morgan fingerprint density at radius 3 is 1.83 bits per heavy atom. The van der Waals surface area contributed by atoms with E-state index in [9.17, 15) is 0 Å². The Balaban J connectivity index is -0.000000270. The Morgan fingerprint density at radius 2 is 1.50 bits per heavy atom. The molecule has 0 spiro atoms. The van der Waals surface area contributed by atoms with Gasteiger partial charge in [0.15, 0.2) is 0 Å². The fraction of sp³-hybridized carbons (Fsp3) is 0.500. The van der Waals surface area contributed by atoms with Crippen LogP contribution in [0.25, 0.3) is 0 Å². The summed E-state index contributed by atoms with van der Waals surface area (Å²) in [7, 11) is 0. The van der Waals surface area contributed by atoms with E-state index in [0.29, 0.717) is 3.17 Å². The van der Waals surface area contributed by atoms with Crippen molar-refractivity contribution in [2.45, 2.75) is 22.9 Å². The first-order valence-electron chi connectivity index (χ1n) is 3.39. The summed E-state index contributed by atoms with van der Waals surface area (Å²) in [5.74, 6) is 0. The number of allylic oxidation sites excluding steroid dienone is 4. The summed E-state index contributed by atoms with van der Waals surface area (Å²) < 4.78 is 0.523. The molecule has 0 fully saturated rings. The van der Waals surface area contributed by atoms with Crippen molar-refractivity contribution in [2.24, 2.45) is 0 Å². The first-order valence-corrected chi connectivity index (χ1v) is 5.18. The summed E-state index contributed by atoms with van der Waals surface area (Å²) in [6, 6.07) is 0. The maximum Gasteiger partial charge on any atom is -1.00 e. The molecule has 0 amide bonds. The van der Waals surface area contributed by atoms with Crippen LogP contribution in [0.15, 0.2) is 24.3 Å². The van der Waals surface area contributed by atoms with Gasteiger partial charge in [0.25, 0.3) is 0 Å². The predicted octanol–water partition coefficient (Wildman–Crippen LogP) is -6.37. The third kappa shape index (κ3) is 5.80. The van der Waals surface area contributed by atoms with Crippen molar-refractivity contribution in [1.82, 2.24) is 0 Å². The van der Waals surface area contributed by atoms with Crippen LogP contribution in [0.1, 0.15) is 19.8 Å². The fourth-order valence-electron chi connectivity index (χ4n) is 1.09. The molecule has 0 bridgehead atoms. The minimum atomic E-state index is 0. The van der Waals surface area contributed by atoms with E-state index in [4.69, 9.17) is 0 Å². The SMILES string of the molecule is CCC[C]1([Hf+3])C=CC=C1.[Cl-].[Cl-].[Cl-]. The molecule has 68 valence electrons. The first kappa shape index (κ1) is 18.9. The average Bonchev–Trinajstić information content (AvgIpc) is 2.16. The smallest absolute Gasteiger partial charge is 1.00 e. The Kier molecular flexibility index (Phi) is 13.9. The summed E-state index contributed by atoms with van der Waals surface area (Å²) in [6.07, 6.45) is 11.7. The number of rotatable bonds is 2. The molecule has 12 heavy (non-hydrogen) atoms. The van der Waals surface area contributed by atoms with E-state index in [1.807, 2.05) is 0 Å². The van der Waals surface area contributed by atoms with Crippen molar-refractivity contribution in [2.75, 3.05) is 0 Å². The molecule has 0 N–H and O–H groups in total. The number of hydrogen-bond acceptors (Lipinski definition) is 0. The molecule has 0 saturated heterocycles. The van der Waals surface area contributed by atoms with Crippen molar-refractivity contribution < 1.29 is 61.6 Å². The first-order chi connectivity index (χ1) is 4.27. The maximum absolute atomic E-state index is 2.34. The van der Waals surface area contributed by atoms with E-state index >= 15 is 0 Å². The van der Waals surface area contributed by atoms with E-state index in [1.165, 1.54) is 37.2 Å². The van der Waals surface area contributed by atoms with Gasteiger partial charge in [0, 0.05) is 0 Å². The molecule has 0 saturated carbocycles. The normalized spacial score (nSPS) is 15.9. The second-order valence-electron chi connectivity index (χ2n) is 2.51. The molecule has 0 nitrogen and oxygen atoms in total. The molecule has 1 aliphatic rings. The van der Waals surface area contributed by atoms with Gasteiger partial charge in [-0.15, -0.1) is 0 Å². The van der Waals surface area contributed by atoms with Gasteiger partial charge in [0.1, 0.15) is 0 Å². The monoisotopic (exact) mass is 392 g/mol. The van der Waals surface area contributed by atoms with E-state index in [-0.39, 0.29) is 37.2 Å². The zero-order valence-electron chi connectivity index (χ0n) is 6.86. The van der Waals surface area contributed by atoms with Crippen LogP contribution in [0.2, 0.25) is 3.17 Å². The van der Waals surface area contributed by atoms with Crippen molar-refractivity contribution in [3.8, 4) is 0 Å². The van der Waals surface area contributed by atoms with E-state index in [0.717, 1.165) is 0 Å². The van der Waals surface area contributed by atoms with Gasteiger partial charge in [-0.3, -0.25) is 0 Å². The van der Waals surface area contributed by atoms with Crippen molar-refractivity contribution in [3.05, 3.63) is 24.3 Å². The maximum atomic E-state index is 2.34. The molecular formula is C8H11Cl3Hf. The molecule has 0 aromatic rings. The van der Waals surface area contributed by atoms with Gasteiger partial charge in [0.2, 0.25) is 0 Å². The van der Waals surface area contributed by atoms with Gasteiger partial charge >= 0.3 is 71.6 Å². The van der Waals surface area contributed by atoms with Crippen LogP contribution in [0.3, 0.4) is 0 Å². The number of halogens is 3. The predicted molar refractivity (Wildman–Crippen MR) is 35.9 cm³/mol. The summed E-state index contributed by atoms with van der Waals surface area (Å²) in [4.78, 5) is 0. The zero-order chi connectivity index (χ0) is 6.74. The van der Waals surface area contributed by atoms with E-state index in [2.05, 4.69) is 31.2 Å². The van der Waals surface area contributed by atoms with E-state index in [1.54, 1.807) is 0 Å². The van der Waals surface area contributed by atoms with Gasteiger partial charge in [-0.2, -0.15) is 0 Å².